The third kappa shape index (κ3) is 6.27. The Morgan fingerprint density at radius 3 is 2.58 bits per heavy atom. The standard InChI is InChI=1S/C24H19BrClN5O2/c25-18-5-3-17(4-6-18)23(32)12-11-22-2-1-13-30(22)14-21-15-31(29-28-21)16-24(33)27-20-9-7-19(26)8-10-20/h1-13,15H,14,16H2,(H,27,33)/b12-11+. The summed E-state index contributed by atoms with van der Waals surface area (Å²) in [6, 6.07) is 17.9. The van der Waals surface area contributed by atoms with Gasteiger partial charge in [0.2, 0.25) is 5.91 Å². The van der Waals surface area contributed by atoms with Crippen LogP contribution in [0.1, 0.15) is 21.7 Å². The Labute approximate surface area is 203 Å². The summed E-state index contributed by atoms with van der Waals surface area (Å²) in [6.07, 6.45) is 6.94. The number of ketones is 1. The van der Waals surface area contributed by atoms with Crippen LogP contribution in [0, 0.1) is 0 Å². The summed E-state index contributed by atoms with van der Waals surface area (Å²) in [5.74, 6) is -0.294. The predicted octanol–water partition coefficient (Wildman–Crippen LogP) is 5.08. The van der Waals surface area contributed by atoms with Crippen molar-refractivity contribution in [3.05, 3.63) is 106 Å². The number of nitrogens with one attached hydrogen (secondary N) is 1. The number of hydrogen-bond donors (Lipinski definition) is 1. The largest absolute Gasteiger partial charge is 0.342 e. The Bertz CT molecular complexity index is 1290. The van der Waals surface area contributed by atoms with Gasteiger partial charge >= 0.3 is 0 Å². The number of carbonyl (C=O) groups excluding carboxylic acids is 2. The molecule has 0 saturated heterocycles. The van der Waals surface area contributed by atoms with Crippen LogP contribution in [0.4, 0.5) is 5.69 Å². The molecule has 4 rings (SSSR count). The minimum atomic E-state index is -0.218. The third-order valence-electron chi connectivity index (χ3n) is 4.75. The van der Waals surface area contributed by atoms with E-state index < -0.39 is 0 Å². The van der Waals surface area contributed by atoms with Gasteiger partial charge in [-0.15, -0.1) is 5.10 Å². The maximum Gasteiger partial charge on any atom is 0.246 e. The Morgan fingerprint density at radius 1 is 1.06 bits per heavy atom. The normalized spacial score (nSPS) is 11.1. The topological polar surface area (TPSA) is 81.8 Å². The highest BCUT2D eigenvalue weighted by Gasteiger charge is 2.09. The van der Waals surface area contributed by atoms with Gasteiger partial charge in [0.1, 0.15) is 12.2 Å². The molecule has 0 aliphatic heterocycles. The molecule has 2 aromatic carbocycles. The molecule has 7 nitrogen and oxygen atoms in total. The molecule has 0 aliphatic carbocycles. The number of benzene rings is 2. The molecular formula is C24H19BrClN5O2. The van der Waals surface area contributed by atoms with E-state index in [4.69, 9.17) is 11.6 Å². The first-order chi connectivity index (χ1) is 16.0. The van der Waals surface area contributed by atoms with E-state index in [9.17, 15) is 9.59 Å². The molecule has 166 valence electrons. The Kier molecular flexibility index (Phi) is 7.16. The van der Waals surface area contributed by atoms with Crippen molar-refractivity contribution < 1.29 is 9.59 Å². The molecule has 0 radical (unpaired) electrons. The maximum atomic E-state index is 12.4. The van der Waals surface area contributed by atoms with Gasteiger partial charge in [0.25, 0.3) is 0 Å². The van der Waals surface area contributed by atoms with Crippen molar-refractivity contribution in [2.75, 3.05) is 5.32 Å². The smallest absolute Gasteiger partial charge is 0.246 e. The predicted molar refractivity (Wildman–Crippen MR) is 131 cm³/mol. The molecule has 0 spiro atoms. The number of nitrogens with zero attached hydrogens (tertiary/aromatic N) is 4. The van der Waals surface area contributed by atoms with Crippen molar-refractivity contribution in [2.24, 2.45) is 0 Å². The molecule has 0 unspecified atom stereocenters. The van der Waals surface area contributed by atoms with Gasteiger partial charge in [-0.3, -0.25) is 9.59 Å². The molecule has 4 aromatic rings. The first kappa shape index (κ1) is 22.7. The zero-order valence-electron chi connectivity index (χ0n) is 17.4. The summed E-state index contributed by atoms with van der Waals surface area (Å²) in [4.78, 5) is 24.6. The lowest BCUT2D eigenvalue weighted by Gasteiger charge is -2.05. The van der Waals surface area contributed by atoms with Crippen molar-refractivity contribution in [3.8, 4) is 0 Å². The van der Waals surface area contributed by atoms with Gasteiger partial charge < -0.3 is 9.88 Å². The van der Waals surface area contributed by atoms with Crippen molar-refractivity contribution in [1.29, 1.82) is 0 Å². The Balaban J connectivity index is 1.36. The van der Waals surface area contributed by atoms with E-state index in [1.54, 1.807) is 54.7 Å². The fourth-order valence-electron chi connectivity index (χ4n) is 3.14. The van der Waals surface area contributed by atoms with Gasteiger partial charge in [-0.05, 0) is 72.8 Å². The second-order valence-corrected chi connectivity index (χ2v) is 8.58. The Hall–Kier alpha value is -3.49. The minimum absolute atomic E-state index is 0.0375. The summed E-state index contributed by atoms with van der Waals surface area (Å²) < 4.78 is 4.36. The van der Waals surface area contributed by atoms with E-state index in [2.05, 4.69) is 31.6 Å². The molecule has 2 heterocycles. The van der Waals surface area contributed by atoms with Crippen LogP contribution >= 0.6 is 27.5 Å². The lowest BCUT2D eigenvalue weighted by molar-refractivity contribution is -0.116. The first-order valence-corrected chi connectivity index (χ1v) is 11.2. The molecule has 0 aliphatic rings. The molecule has 9 heteroatoms. The van der Waals surface area contributed by atoms with Gasteiger partial charge in [0.15, 0.2) is 5.78 Å². The zero-order chi connectivity index (χ0) is 23.2. The van der Waals surface area contributed by atoms with Gasteiger partial charge in [-0.1, -0.05) is 32.7 Å². The Morgan fingerprint density at radius 2 is 1.82 bits per heavy atom. The molecule has 33 heavy (non-hydrogen) atoms. The summed E-state index contributed by atoms with van der Waals surface area (Å²) in [5.41, 5.74) is 2.83. The van der Waals surface area contributed by atoms with E-state index in [1.807, 2.05) is 35.0 Å². The second kappa shape index (κ2) is 10.4. The van der Waals surface area contributed by atoms with Crippen LogP contribution in [0.25, 0.3) is 6.08 Å². The fourth-order valence-corrected chi connectivity index (χ4v) is 3.53. The first-order valence-electron chi connectivity index (χ1n) is 10.0. The average Bonchev–Trinajstić information content (AvgIpc) is 3.43. The van der Waals surface area contributed by atoms with E-state index in [0.29, 0.717) is 28.5 Å². The quantitative estimate of drug-likeness (QED) is 0.257. The molecule has 2 aromatic heterocycles. The molecule has 0 bridgehead atoms. The number of aromatic nitrogens is 4. The van der Waals surface area contributed by atoms with Crippen molar-refractivity contribution in [2.45, 2.75) is 13.1 Å². The van der Waals surface area contributed by atoms with Crippen LogP contribution in [-0.2, 0) is 17.9 Å². The second-order valence-electron chi connectivity index (χ2n) is 7.23. The monoisotopic (exact) mass is 523 g/mol. The van der Waals surface area contributed by atoms with Crippen LogP contribution in [0.2, 0.25) is 5.02 Å². The number of rotatable bonds is 8. The average molecular weight is 525 g/mol. The molecule has 0 atom stereocenters. The third-order valence-corrected chi connectivity index (χ3v) is 5.53. The van der Waals surface area contributed by atoms with Gasteiger partial charge in [-0.2, -0.15) is 0 Å². The van der Waals surface area contributed by atoms with E-state index >= 15 is 0 Å². The van der Waals surface area contributed by atoms with Crippen LogP contribution < -0.4 is 5.32 Å². The highest BCUT2D eigenvalue weighted by Crippen LogP contribution is 2.14. The maximum absolute atomic E-state index is 12.4. The number of allylic oxidation sites excluding steroid dienone is 1. The summed E-state index contributed by atoms with van der Waals surface area (Å²) >= 11 is 9.22. The number of carbonyl (C=O) groups is 2. The number of anilines is 1. The SMILES string of the molecule is O=C(Cn1cc(Cn2cccc2/C=C/C(=O)c2ccc(Br)cc2)nn1)Nc1ccc(Cl)cc1. The van der Waals surface area contributed by atoms with Crippen LogP contribution in [0.5, 0.6) is 0 Å². The lowest BCUT2D eigenvalue weighted by Crippen LogP contribution is -2.19. The number of hydrogen-bond acceptors (Lipinski definition) is 4. The minimum Gasteiger partial charge on any atom is -0.342 e. The summed E-state index contributed by atoms with van der Waals surface area (Å²) in [6.45, 7) is 0.494. The van der Waals surface area contributed by atoms with E-state index in [0.717, 1.165) is 10.2 Å². The molecule has 1 amide bonds. The lowest BCUT2D eigenvalue weighted by atomic mass is 10.1. The highest BCUT2D eigenvalue weighted by atomic mass is 79.9. The van der Waals surface area contributed by atoms with E-state index in [1.165, 1.54) is 4.68 Å². The van der Waals surface area contributed by atoms with Crippen molar-refractivity contribution in [1.82, 2.24) is 19.6 Å². The van der Waals surface area contributed by atoms with Gasteiger partial charge in [0.05, 0.1) is 12.7 Å². The zero-order valence-corrected chi connectivity index (χ0v) is 19.7. The van der Waals surface area contributed by atoms with Crippen molar-refractivity contribution in [3.63, 3.8) is 0 Å². The fraction of sp³-hybridized carbons (Fsp3) is 0.0833. The highest BCUT2D eigenvalue weighted by molar-refractivity contribution is 9.10. The molecule has 0 fully saturated rings. The molecular weight excluding hydrogens is 506 g/mol. The van der Waals surface area contributed by atoms with E-state index in [-0.39, 0.29) is 18.2 Å². The summed E-state index contributed by atoms with van der Waals surface area (Å²) in [5, 5.41) is 11.6. The summed E-state index contributed by atoms with van der Waals surface area (Å²) in [7, 11) is 0. The number of halogens is 2. The number of amides is 1. The van der Waals surface area contributed by atoms with Gasteiger partial charge in [-0.25, -0.2) is 4.68 Å². The van der Waals surface area contributed by atoms with Gasteiger partial charge in [0, 0.05) is 32.6 Å². The van der Waals surface area contributed by atoms with Crippen molar-refractivity contribution >= 4 is 51.0 Å². The molecule has 0 saturated carbocycles. The molecule has 1 N–H and O–H groups in total. The van der Waals surface area contributed by atoms with Crippen LogP contribution in [0.3, 0.4) is 0 Å². The van der Waals surface area contributed by atoms with Crippen LogP contribution in [-0.4, -0.2) is 31.3 Å². The van der Waals surface area contributed by atoms with Crippen LogP contribution in [0.15, 0.2) is 83.6 Å².